The fraction of sp³-hybridized carbons (Fsp3) is 0.385. The lowest BCUT2D eigenvalue weighted by atomic mass is 10.1. The summed E-state index contributed by atoms with van der Waals surface area (Å²) in [6.45, 7) is 11.5. The number of piperazine rings is 1. The number of aryl methyl sites for hydroxylation is 2. The summed E-state index contributed by atoms with van der Waals surface area (Å²) in [4.78, 5) is 17.2. The first kappa shape index (κ1) is 23.5. The molecule has 33 heavy (non-hydrogen) atoms. The van der Waals surface area contributed by atoms with Gasteiger partial charge < -0.3 is 5.32 Å². The molecule has 1 aliphatic rings. The van der Waals surface area contributed by atoms with E-state index in [0.29, 0.717) is 18.2 Å². The zero-order valence-electron chi connectivity index (χ0n) is 19.6. The maximum atomic E-state index is 12.6. The van der Waals surface area contributed by atoms with Gasteiger partial charge in [-0.05, 0) is 43.5 Å². The van der Waals surface area contributed by atoms with E-state index >= 15 is 0 Å². The molecule has 1 amide bonds. The molecule has 6 nitrogen and oxygen atoms in total. The van der Waals surface area contributed by atoms with Crippen molar-refractivity contribution in [2.75, 3.05) is 38.0 Å². The molecule has 0 atom stereocenters. The van der Waals surface area contributed by atoms with Gasteiger partial charge >= 0.3 is 0 Å². The van der Waals surface area contributed by atoms with Crippen LogP contribution in [0, 0.1) is 20.8 Å². The van der Waals surface area contributed by atoms with E-state index in [-0.39, 0.29) is 5.91 Å². The number of carbonyl (C=O) groups excluding carboxylic acids is 1. The van der Waals surface area contributed by atoms with Gasteiger partial charge in [-0.15, -0.1) is 0 Å². The highest BCUT2D eigenvalue weighted by atomic mass is 35.5. The third-order valence-corrected chi connectivity index (χ3v) is 6.87. The molecule has 4 rings (SSSR count). The van der Waals surface area contributed by atoms with Gasteiger partial charge in [0.2, 0.25) is 5.91 Å². The third-order valence-electron chi connectivity index (χ3n) is 6.45. The summed E-state index contributed by atoms with van der Waals surface area (Å²) in [7, 11) is 0. The maximum Gasteiger partial charge on any atom is 0.238 e. The summed E-state index contributed by atoms with van der Waals surface area (Å²) in [6.07, 6.45) is 0. The molecule has 1 saturated heterocycles. The van der Waals surface area contributed by atoms with Gasteiger partial charge in [0.1, 0.15) is 5.15 Å². The first-order valence-corrected chi connectivity index (χ1v) is 11.8. The minimum atomic E-state index is 0.0400. The van der Waals surface area contributed by atoms with Crippen molar-refractivity contribution in [3.05, 3.63) is 81.6 Å². The van der Waals surface area contributed by atoms with Gasteiger partial charge in [-0.2, -0.15) is 5.10 Å². The van der Waals surface area contributed by atoms with Crippen LogP contribution in [-0.2, 0) is 17.9 Å². The molecule has 1 aromatic heterocycles. The Balaban J connectivity index is 1.29. The minimum absolute atomic E-state index is 0.0400. The molecule has 3 aromatic rings. The molecule has 2 heterocycles. The molecule has 0 aliphatic carbocycles. The molecule has 0 radical (unpaired) electrons. The van der Waals surface area contributed by atoms with E-state index in [0.717, 1.165) is 55.2 Å². The fourth-order valence-corrected chi connectivity index (χ4v) is 4.53. The number of nitrogens with zero attached hydrogens (tertiary/aromatic N) is 4. The molecule has 1 fully saturated rings. The Morgan fingerprint density at radius 3 is 2.36 bits per heavy atom. The van der Waals surface area contributed by atoms with Gasteiger partial charge in [-0.25, -0.2) is 4.68 Å². The smallest absolute Gasteiger partial charge is 0.238 e. The van der Waals surface area contributed by atoms with Crippen LogP contribution >= 0.6 is 11.6 Å². The number of halogens is 1. The number of aromatic nitrogens is 2. The van der Waals surface area contributed by atoms with E-state index in [1.165, 1.54) is 11.1 Å². The molecule has 0 saturated carbocycles. The molecule has 1 N–H and O–H groups in total. The number of amides is 1. The van der Waals surface area contributed by atoms with Gasteiger partial charge in [0, 0.05) is 44.0 Å². The average molecular weight is 466 g/mol. The molecule has 0 bridgehead atoms. The molecule has 2 aromatic carbocycles. The maximum absolute atomic E-state index is 12.6. The lowest BCUT2D eigenvalue weighted by molar-refractivity contribution is -0.117. The summed E-state index contributed by atoms with van der Waals surface area (Å²) in [5.74, 6) is 0.0400. The Kier molecular flexibility index (Phi) is 7.48. The average Bonchev–Trinajstić information content (AvgIpc) is 3.06. The summed E-state index contributed by atoms with van der Waals surface area (Å²) >= 11 is 6.71. The first-order chi connectivity index (χ1) is 15.9. The van der Waals surface area contributed by atoms with Crippen LogP contribution in [-0.4, -0.2) is 58.2 Å². The molecule has 174 valence electrons. The minimum Gasteiger partial charge on any atom is -0.325 e. The van der Waals surface area contributed by atoms with E-state index < -0.39 is 0 Å². The van der Waals surface area contributed by atoms with Crippen LogP contribution in [0.25, 0.3) is 0 Å². The van der Waals surface area contributed by atoms with Gasteiger partial charge in [-0.1, -0.05) is 54.1 Å². The van der Waals surface area contributed by atoms with Crippen LogP contribution in [0.4, 0.5) is 5.69 Å². The van der Waals surface area contributed by atoms with Crippen molar-refractivity contribution >= 4 is 23.2 Å². The highest BCUT2D eigenvalue weighted by molar-refractivity contribution is 6.30. The molecule has 0 spiro atoms. The fourth-order valence-electron chi connectivity index (χ4n) is 4.24. The van der Waals surface area contributed by atoms with Crippen LogP contribution < -0.4 is 5.32 Å². The van der Waals surface area contributed by atoms with Crippen LogP contribution in [0.3, 0.4) is 0 Å². The monoisotopic (exact) mass is 465 g/mol. The van der Waals surface area contributed by atoms with E-state index in [9.17, 15) is 4.79 Å². The Hall–Kier alpha value is -2.67. The Bertz CT molecular complexity index is 1100. The van der Waals surface area contributed by atoms with E-state index in [1.54, 1.807) is 0 Å². The largest absolute Gasteiger partial charge is 0.325 e. The predicted octanol–water partition coefficient (Wildman–Crippen LogP) is 4.27. The summed E-state index contributed by atoms with van der Waals surface area (Å²) in [6, 6.07) is 16.2. The number of rotatable bonds is 7. The highest BCUT2D eigenvalue weighted by Gasteiger charge is 2.22. The topological polar surface area (TPSA) is 53.4 Å². The van der Waals surface area contributed by atoms with Gasteiger partial charge in [0.05, 0.1) is 18.8 Å². The van der Waals surface area contributed by atoms with Crippen molar-refractivity contribution in [3.8, 4) is 0 Å². The molecular formula is C26H32ClN5O. The van der Waals surface area contributed by atoms with Crippen LogP contribution in [0.15, 0.2) is 48.5 Å². The molecule has 0 unspecified atom stereocenters. The molecular weight excluding hydrogens is 434 g/mol. The number of carbonyl (C=O) groups is 1. The van der Waals surface area contributed by atoms with Crippen molar-refractivity contribution < 1.29 is 4.79 Å². The SMILES string of the molecule is Cc1cccc(NC(=O)CN2CCN(Cc3c(C)nn(Cc4ccccc4)c3Cl)CC2)c1C. The third kappa shape index (κ3) is 5.82. The number of hydrogen-bond donors (Lipinski definition) is 1. The van der Waals surface area contributed by atoms with E-state index in [1.807, 2.05) is 48.9 Å². The van der Waals surface area contributed by atoms with Crippen molar-refractivity contribution in [1.29, 1.82) is 0 Å². The Labute approximate surface area is 201 Å². The number of nitrogens with one attached hydrogen (secondary N) is 1. The number of benzene rings is 2. The van der Waals surface area contributed by atoms with E-state index in [4.69, 9.17) is 11.6 Å². The second kappa shape index (κ2) is 10.5. The number of hydrogen-bond acceptors (Lipinski definition) is 4. The quantitative estimate of drug-likeness (QED) is 0.566. The van der Waals surface area contributed by atoms with Crippen LogP contribution in [0.1, 0.15) is 27.9 Å². The Morgan fingerprint density at radius 1 is 0.939 bits per heavy atom. The molecule has 7 heteroatoms. The second-order valence-corrected chi connectivity index (χ2v) is 9.20. The van der Waals surface area contributed by atoms with Gasteiger partial charge in [-0.3, -0.25) is 14.6 Å². The zero-order chi connectivity index (χ0) is 23.4. The standard InChI is InChI=1S/C26H32ClN5O/c1-19-8-7-11-24(20(19)2)28-25(33)18-31-14-12-30(13-15-31)17-23-21(3)29-32(26(23)27)16-22-9-5-4-6-10-22/h4-11H,12-18H2,1-3H3,(H,28,33). The predicted molar refractivity (Wildman–Crippen MR) is 134 cm³/mol. The Morgan fingerprint density at radius 2 is 1.64 bits per heavy atom. The lowest BCUT2D eigenvalue weighted by Crippen LogP contribution is -2.48. The lowest BCUT2D eigenvalue weighted by Gasteiger charge is -2.34. The van der Waals surface area contributed by atoms with E-state index in [2.05, 4.69) is 45.3 Å². The zero-order valence-corrected chi connectivity index (χ0v) is 20.4. The normalized spacial score (nSPS) is 15.0. The van der Waals surface area contributed by atoms with Crippen molar-refractivity contribution in [1.82, 2.24) is 19.6 Å². The summed E-state index contributed by atoms with van der Waals surface area (Å²) < 4.78 is 1.88. The number of anilines is 1. The summed E-state index contributed by atoms with van der Waals surface area (Å²) in [5, 5.41) is 8.45. The van der Waals surface area contributed by atoms with Crippen molar-refractivity contribution in [3.63, 3.8) is 0 Å². The van der Waals surface area contributed by atoms with Crippen molar-refractivity contribution in [2.45, 2.75) is 33.9 Å². The first-order valence-electron chi connectivity index (χ1n) is 11.5. The van der Waals surface area contributed by atoms with Crippen LogP contribution in [0.2, 0.25) is 5.15 Å². The summed E-state index contributed by atoms with van der Waals surface area (Å²) in [5.41, 5.74) is 6.45. The van der Waals surface area contributed by atoms with Gasteiger partial charge in [0.15, 0.2) is 0 Å². The highest BCUT2D eigenvalue weighted by Crippen LogP contribution is 2.23. The second-order valence-electron chi connectivity index (χ2n) is 8.85. The molecule has 1 aliphatic heterocycles. The van der Waals surface area contributed by atoms with Crippen LogP contribution in [0.5, 0.6) is 0 Å². The van der Waals surface area contributed by atoms with Gasteiger partial charge in [0.25, 0.3) is 0 Å². The van der Waals surface area contributed by atoms with Crippen molar-refractivity contribution in [2.24, 2.45) is 0 Å².